The van der Waals surface area contributed by atoms with Crippen molar-refractivity contribution in [3.63, 3.8) is 0 Å². The Morgan fingerprint density at radius 1 is 1.39 bits per heavy atom. The highest BCUT2D eigenvalue weighted by Crippen LogP contribution is 2.11. The molecule has 1 aromatic heterocycles. The van der Waals surface area contributed by atoms with Gasteiger partial charge in [0.25, 0.3) is 0 Å². The van der Waals surface area contributed by atoms with E-state index in [0.29, 0.717) is 0 Å². The predicted molar refractivity (Wildman–Crippen MR) is 64.4 cm³/mol. The molecule has 1 aromatic carbocycles. The van der Waals surface area contributed by atoms with Crippen LogP contribution in [0.2, 0.25) is 0 Å². The summed E-state index contributed by atoms with van der Waals surface area (Å²) in [6.07, 6.45) is 2.84. The largest absolute Gasteiger partial charge is 0.394 e. The van der Waals surface area contributed by atoms with Gasteiger partial charge in [0.1, 0.15) is 19.2 Å². The number of hydrogen-bond acceptors (Lipinski definition) is 4. The topological polar surface area (TPSA) is 80.0 Å². The summed E-state index contributed by atoms with van der Waals surface area (Å²) in [5.74, 6) is -0.219. The minimum Gasteiger partial charge on any atom is -0.394 e. The number of aliphatic hydroxyl groups is 1. The van der Waals surface area contributed by atoms with Gasteiger partial charge in [0, 0.05) is 0 Å². The molecule has 0 saturated carbocycles. The van der Waals surface area contributed by atoms with Crippen molar-refractivity contribution >= 4 is 5.91 Å². The van der Waals surface area contributed by atoms with Crippen LogP contribution in [0.3, 0.4) is 0 Å². The van der Waals surface area contributed by atoms with Crippen molar-refractivity contribution in [1.29, 1.82) is 0 Å². The van der Waals surface area contributed by atoms with E-state index in [-0.39, 0.29) is 19.1 Å². The summed E-state index contributed by atoms with van der Waals surface area (Å²) in [6, 6.07) is 8.92. The molecule has 2 aromatic rings. The molecule has 94 valence electrons. The van der Waals surface area contributed by atoms with Crippen LogP contribution in [-0.2, 0) is 11.3 Å². The minimum absolute atomic E-state index is 0.0866. The number of carbonyl (C=O) groups is 1. The highest BCUT2D eigenvalue weighted by molar-refractivity contribution is 5.76. The Morgan fingerprint density at radius 3 is 2.78 bits per heavy atom. The molecule has 1 atom stereocenters. The first-order valence-corrected chi connectivity index (χ1v) is 5.57. The van der Waals surface area contributed by atoms with E-state index in [0.717, 1.165) is 5.56 Å². The van der Waals surface area contributed by atoms with Crippen molar-refractivity contribution < 1.29 is 9.90 Å². The Morgan fingerprint density at radius 2 is 2.17 bits per heavy atom. The summed E-state index contributed by atoms with van der Waals surface area (Å²) in [5, 5.41) is 15.9. The Kier molecular flexibility index (Phi) is 4.03. The number of hydrogen-bond donors (Lipinski definition) is 2. The Labute approximate surface area is 104 Å². The number of nitrogens with one attached hydrogen (secondary N) is 1. The molecule has 0 radical (unpaired) electrons. The van der Waals surface area contributed by atoms with Gasteiger partial charge in [-0.05, 0) is 5.56 Å². The third kappa shape index (κ3) is 3.14. The highest BCUT2D eigenvalue weighted by atomic mass is 16.3. The molecule has 1 heterocycles. The number of amides is 1. The van der Waals surface area contributed by atoms with Gasteiger partial charge in [0.15, 0.2) is 0 Å². The van der Waals surface area contributed by atoms with Gasteiger partial charge in [0.2, 0.25) is 5.91 Å². The molecule has 0 bridgehead atoms. The number of rotatable bonds is 5. The van der Waals surface area contributed by atoms with Gasteiger partial charge in [-0.1, -0.05) is 30.3 Å². The molecule has 2 rings (SSSR count). The van der Waals surface area contributed by atoms with Gasteiger partial charge in [-0.25, -0.2) is 9.67 Å². The standard InChI is InChI=1S/C12H14N4O2/c17-7-11(10-4-2-1-3-5-10)15-12(18)6-16-9-13-8-14-16/h1-5,8-9,11,17H,6-7H2,(H,15,18)/t11-/m0/s1. The second-order valence-electron chi connectivity index (χ2n) is 3.81. The van der Waals surface area contributed by atoms with Crippen molar-refractivity contribution in [3.8, 4) is 0 Å². The highest BCUT2D eigenvalue weighted by Gasteiger charge is 2.13. The zero-order valence-corrected chi connectivity index (χ0v) is 9.73. The third-order valence-corrected chi connectivity index (χ3v) is 2.49. The lowest BCUT2D eigenvalue weighted by Crippen LogP contribution is -2.33. The molecule has 6 nitrogen and oxygen atoms in total. The molecule has 0 fully saturated rings. The molecule has 0 aliphatic carbocycles. The van der Waals surface area contributed by atoms with Crippen LogP contribution in [-0.4, -0.2) is 32.4 Å². The van der Waals surface area contributed by atoms with Gasteiger partial charge in [0.05, 0.1) is 12.6 Å². The fraction of sp³-hybridized carbons (Fsp3) is 0.250. The molecule has 2 N–H and O–H groups in total. The number of benzene rings is 1. The second-order valence-corrected chi connectivity index (χ2v) is 3.81. The van der Waals surface area contributed by atoms with E-state index in [2.05, 4.69) is 15.4 Å². The fourth-order valence-corrected chi connectivity index (χ4v) is 1.62. The van der Waals surface area contributed by atoms with Crippen LogP contribution in [0.25, 0.3) is 0 Å². The van der Waals surface area contributed by atoms with Crippen LogP contribution in [0.4, 0.5) is 0 Å². The molecule has 1 amide bonds. The number of nitrogens with zero attached hydrogens (tertiary/aromatic N) is 3. The number of aromatic nitrogens is 3. The van der Waals surface area contributed by atoms with Crippen LogP contribution < -0.4 is 5.32 Å². The zero-order valence-electron chi connectivity index (χ0n) is 9.73. The summed E-state index contributed by atoms with van der Waals surface area (Å²) in [4.78, 5) is 15.5. The summed E-state index contributed by atoms with van der Waals surface area (Å²) < 4.78 is 1.43. The molecule has 18 heavy (non-hydrogen) atoms. The van der Waals surface area contributed by atoms with Crippen molar-refractivity contribution in [1.82, 2.24) is 20.1 Å². The average molecular weight is 246 g/mol. The maximum atomic E-state index is 11.7. The van der Waals surface area contributed by atoms with E-state index in [1.54, 1.807) is 0 Å². The molecular weight excluding hydrogens is 232 g/mol. The van der Waals surface area contributed by atoms with Crippen molar-refractivity contribution in [2.75, 3.05) is 6.61 Å². The SMILES string of the molecule is O=C(Cn1cncn1)N[C@@H](CO)c1ccccc1. The zero-order chi connectivity index (χ0) is 12.8. The van der Waals surface area contributed by atoms with E-state index < -0.39 is 6.04 Å². The maximum absolute atomic E-state index is 11.7. The van der Waals surface area contributed by atoms with Crippen LogP contribution in [0.15, 0.2) is 43.0 Å². The smallest absolute Gasteiger partial charge is 0.242 e. The Hall–Kier alpha value is -2.21. The first kappa shape index (κ1) is 12.3. The van der Waals surface area contributed by atoms with E-state index in [4.69, 9.17) is 0 Å². The minimum atomic E-state index is -0.401. The van der Waals surface area contributed by atoms with Gasteiger partial charge in [-0.3, -0.25) is 4.79 Å². The van der Waals surface area contributed by atoms with Crippen LogP contribution >= 0.6 is 0 Å². The van der Waals surface area contributed by atoms with E-state index in [1.165, 1.54) is 17.3 Å². The van der Waals surface area contributed by atoms with E-state index >= 15 is 0 Å². The summed E-state index contributed by atoms with van der Waals surface area (Å²) >= 11 is 0. The first-order valence-electron chi connectivity index (χ1n) is 5.57. The van der Waals surface area contributed by atoms with Crippen molar-refractivity contribution in [2.45, 2.75) is 12.6 Å². The van der Waals surface area contributed by atoms with Gasteiger partial charge < -0.3 is 10.4 Å². The third-order valence-electron chi connectivity index (χ3n) is 2.49. The average Bonchev–Trinajstić information content (AvgIpc) is 2.90. The van der Waals surface area contributed by atoms with Gasteiger partial charge in [-0.15, -0.1) is 0 Å². The summed E-state index contributed by atoms with van der Waals surface area (Å²) in [5.41, 5.74) is 0.868. The number of carbonyl (C=O) groups excluding carboxylic acids is 1. The van der Waals surface area contributed by atoms with Crippen LogP contribution in [0.5, 0.6) is 0 Å². The fourth-order valence-electron chi connectivity index (χ4n) is 1.62. The summed E-state index contributed by atoms with van der Waals surface area (Å²) in [6.45, 7) is -0.0591. The van der Waals surface area contributed by atoms with Gasteiger partial charge >= 0.3 is 0 Å². The quantitative estimate of drug-likeness (QED) is 0.785. The van der Waals surface area contributed by atoms with Crippen molar-refractivity contribution in [2.24, 2.45) is 0 Å². The van der Waals surface area contributed by atoms with Crippen molar-refractivity contribution in [3.05, 3.63) is 48.5 Å². The van der Waals surface area contributed by atoms with Crippen LogP contribution in [0.1, 0.15) is 11.6 Å². The molecule has 0 aliphatic rings. The Bertz CT molecular complexity index is 484. The van der Waals surface area contributed by atoms with E-state index in [1.807, 2.05) is 30.3 Å². The normalized spacial score (nSPS) is 12.1. The lowest BCUT2D eigenvalue weighted by molar-refractivity contribution is -0.122. The van der Waals surface area contributed by atoms with Crippen LogP contribution in [0, 0.1) is 0 Å². The van der Waals surface area contributed by atoms with Gasteiger partial charge in [-0.2, -0.15) is 5.10 Å². The maximum Gasteiger partial charge on any atom is 0.242 e. The lowest BCUT2D eigenvalue weighted by atomic mass is 10.1. The van der Waals surface area contributed by atoms with E-state index in [9.17, 15) is 9.90 Å². The number of aliphatic hydroxyl groups excluding tert-OH is 1. The lowest BCUT2D eigenvalue weighted by Gasteiger charge is -2.16. The molecule has 0 unspecified atom stereocenters. The Balaban J connectivity index is 1.96. The molecule has 6 heteroatoms. The second kappa shape index (κ2) is 5.92. The summed E-state index contributed by atoms with van der Waals surface area (Å²) in [7, 11) is 0. The molecule has 0 spiro atoms. The molecular formula is C12H14N4O2. The predicted octanol–water partition coefficient (Wildman–Crippen LogP) is 0.128. The monoisotopic (exact) mass is 246 g/mol. The first-order chi connectivity index (χ1) is 8.79. The molecule has 0 aliphatic heterocycles. The molecule has 0 saturated heterocycles.